The molecule has 92 valence electrons. The minimum Gasteiger partial charge on any atom is -0.508 e. The van der Waals surface area contributed by atoms with E-state index in [4.69, 9.17) is 4.74 Å². The number of ether oxygens (including phenoxy) is 1. The fourth-order valence-corrected chi connectivity index (χ4v) is 2.06. The van der Waals surface area contributed by atoms with Gasteiger partial charge in [-0.1, -0.05) is 18.2 Å². The SMILES string of the molecule is Cc1cc(O)ccc1-c1ccc(OC2CC2)cc1. The summed E-state index contributed by atoms with van der Waals surface area (Å²) >= 11 is 0. The zero-order valence-corrected chi connectivity index (χ0v) is 10.4. The Morgan fingerprint density at radius 1 is 1.06 bits per heavy atom. The van der Waals surface area contributed by atoms with Crippen molar-refractivity contribution in [2.45, 2.75) is 25.9 Å². The minimum atomic E-state index is 0.310. The summed E-state index contributed by atoms with van der Waals surface area (Å²) in [4.78, 5) is 0. The third-order valence-corrected chi connectivity index (χ3v) is 3.20. The highest BCUT2D eigenvalue weighted by Gasteiger charge is 2.23. The lowest BCUT2D eigenvalue weighted by Gasteiger charge is -2.08. The van der Waals surface area contributed by atoms with Crippen molar-refractivity contribution in [1.82, 2.24) is 0 Å². The first-order valence-corrected chi connectivity index (χ1v) is 6.29. The zero-order chi connectivity index (χ0) is 12.5. The molecule has 0 unspecified atom stereocenters. The Labute approximate surface area is 107 Å². The van der Waals surface area contributed by atoms with Gasteiger partial charge in [-0.3, -0.25) is 0 Å². The van der Waals surface area contributed by atoms with Crippen molar-refractivity contribution in [1.29, 1.82) is 0 Å². The predicted octanol–water partition coefficient (Wildman–Crippen LogP) is 3.91. The molecule has 0 radical (unpaired) electrons. The fourth-order valence-electron chi connectivity index (χ4n) is 2.06. The maximum atomic E-state index is 9.41. The van der Waals surface area contributed by atoms with Crippen LogP contribution in [-0.4, -0.2) is 11.2 Å². The normalized spacial score (nSPS) is 14.5. The topological polar surface area (TPSA) is 29.5 Å². The Kier molecular flexibility index (Phi) is 2.71. The van der Waals surface area contributed by atoms with Crippen LogP contribution >= 0.6 is 0 Å². The van der Waals surface area contributed by atoms with E-state index in [-0.39, 0.29) is 0 Å². The highest BCUT2D eigenvalue weighted by molar-refractivity contribution is 5.68. The minimum absolute atomic E-state index is 0.310. The third kappa shape index (κ3) is 2.33. The Morgan fingerprint density at radius 3 is 2.39 bits per heavy atom. The summed E-state index contributed by atoms with van der Waals surface area (Å²) in [6, 6.07) is 13.6. The molecule has 1 N–H and O–H groups in total. The highest BCUT2D eigenvalue weighted by Crippen LogP contribution is 2.30. The quantitative estimate of drug-likeness (QED) is 0.881. The number of aromatic hydroxyl groups is 1. The molecule has 0 amide bonds. The lowest BCUT2D eigenvalue weighted by Crippen LogP contribution is -1.95. The van der Waals surface area contributed by atoms with Crippen molar-refractivity contribution in [3.63, 3.8) is 0 Å². The molecule has 0 aromatic heterocycles. The summed E-state index contributed by atoms with van der Waals surface area (Å²) in [7, 11) is 0. The van der Waals surface area contributed by atoms with Crippen LogP contribution in [0.4, 0.5) is 0 Å². The molecule has 1 fully saturated rings. The Hall–Kier alpha value is -1.96. The molecule has 0 saturated heterocycles. The molecule has 0 spiro atoms. The highest BCUT2D eigenvalue weighted by atomic mass is 16.5. The largest absolute Gasteiger partial charge is 0.508 e. The Morgan fingerprint density at radius 2 is 1.78 bits per heavy atom. The van der Waals surface area contributed by atoms with Gasteiger partial charge in [-0.05, 0) is 60.7 Å². The first kappa shape index (κ1) is 11.1. The molecule has 1 aliphatic carbocycles. The average molecular weight is 240 g/mol. The van der Waals surface area contributed by atoms with Crippen LogP contribution in [0.3, 0.4) is 0 Å². The van der Waals surface area contributed by atoms with Crippen molar-refractivity contribution in [3.8, 4) is 22.6 Å². The van der Waals surface area contributed by atoms with Crippen LogP contribution < -0.4 is 4.74 Å². The van der Waals surface area contributed by atoms with E-state index in [1.165, 1.54) is 12.8 Å². The van der Waals surface area contributed by atoms with Gasteiger partial charge >= 0.3 is 0 Å². The van der Waals surface area contributed by atoms with Crippen molar-refractivity contribution < 1.29 is 9.84 Å². The maximum Gasteiger partial charge on any atom is 0.119 e. The first-order chi connectivity index (χ1) is 8.72. The van der Waals surface area contributed by atoms with Crippen molar-refractivity contribution in [3.05, 3.63) is 48.0 Å². The van der Waals surface area contributed by atoms with Crippen molar-refractivity contribution in [2.75, 3.05) is 0 Å². The fraction of sp³-hybridized carbons (Fsp3) is 0.250. The molecule has 2 aromatic rings. The molecular weight excluding hydrogens is 224 g/mol. The van der Waals surface area contributed by atoms with Gasteiger partial charge in [-0.25, -0.2) is 0 Å². The summed E-state index contributed by atoms with van der Waals surface area (Å²) in [6.07, 6.45) is 2.80. The van der Waals surface area contributed by atoms with Gasteiger partial charge < -0.3 is 9.84 Å². The van der Waals surface area contributed by atoms with Crippen LogP contribution in [0, 0.1) is 6.92 Å². The molecule has 2 aromatic carbocycles. The molecular formula is C16H16O2. The van der Waals surface area contributed by atoms with Gasteiger partial charge in [0, 0.05) is 0 Å². The molecule has 3 rings (SSSR count). The molecule has 0 atom stereocenters. The van der Waals surface area contributed by atoms with Gasteiger partial charge in [-0.2, -0.15) is 0 Å². The third-order valence-electron chi connectivity index (χ3n) is 3.20. The van der Waals surface area contributed by atoms with Crippen LogP contribution in [-0.2, 0) is 0 Å². The van der Waals surface area contributed by atoms with Gasteiger partial charge in [0.25, 0.3) is 0 Å². The Bertz CT molecular complexity index is 554. The second-order valence-corrected chi connectivity index (χ2v) is 4.84. The van der Waals surface area contributed by atoms with Crippen LogP contribution in [0.1, 0.15) is 18.4 Å². The molecule has 0 aliphatic heterocycles. The molecule has 2 heteroatoms. The second kappa shape index (κ2) is 4.37. The average Bonchev–Trinajstić information content (AvgIpc) is 3.15. The number of phenolic OH excluding ortho intramolecular Hbond substituents is 1. The number of rotatable bonds is 3. The number of aryl methyl sites for hydroxylation is 1. The summed E-state index contributed by atoms with van der Waals surface area (Å²) < 4.78 is 5.73. The van der Waals surface area contributed by atoms with E-state index in [1.807, 2.05) is 25.1 Å². The van der Waals surface area contributed by atoms with Gasteiger partial charge in [0.2, 0.25) is 0 Å². The number of hydrogen-bond donors (Lipinski definition) is 1. The smallest absolute Gasteiger partial charge is 0.119 e. The zero-order valence-electron chi connectivity index (χ0n) is 10.4. The van der Waals surface area contributed by atoms with E-state index < -0.39 is 0 Å². The van der Waals surface area contributed by atoms with Gasteiger partial charge in [0.15, 0.2) is 0 Å². The number of hydrogen-bond acceptors (Lipinski definition) is 2. The van der Waals surface area contributed by atoms with E-state index in [2.05, 4.69) is 12.1 Å². The number of phenols is 1. The second-order valence-electron chi connectivity index (χ2n) is 4.84. The predicted molar refractivity (Wildman–Crippen MR) is 71.9 cm³/mol. The van der Waals surface area contributed by atoms with Gasteiger partial charge in [-0.15, -0.1) is 0 Å². The monoisotopic (exact) mass is 240 g/mol. The van der Waals surface area contributed by atoms with E-state index in [0.717, 1.165) is 22.4 Å². The van der Waals surface area contributed by atoms with E-state index >= 15 is 0 Å². The molecule has 0 heterocycles. The van der Waals surface area contributed by atoms with Crippen molar-refractivity contribution in [2.24, 2.45) is 0 Å². The maximum absolute atomic E-state index is 9.41. The van der Waals surface area contributed by atoms with E-state index in [9.17, 15) is 5.11 Å². The lowest BCUT2D eigenvalue weighted by molar-refractivity contribution is 0.303. The molecule has 18 heavy (non-hydrogen) atoms. The van der Waals surface area contributed by atoms with Gasteiger partial charge in [0.05, 0.1) is 6.10 Å². The van der Waals surface area contributed by atoms with Crippen LogP contribution in [0.25, 0.3) is 11.1 Å². The molecule has 2 nitrogen and oxygen atoms in total. The van der Waals surface area contributed by atoms with E-state index in [1.54, 1.807) is 12.1 Å². The standard InChI is InChI=1S/C16H16O2/c1-11-10-13(17)4-9-16(11)12-2-5-14(6-3-12)18-15-7-8-15/h2-6,9-10,15,17H,7-8H2,1H3. The Balaban J connectivity index is 1.86. The summed E-state index contributed by atoms with van der Waals surface area (Å²) in [5.74, 6) is 1.25. The lowest BCUT2D eigenvalue weighted by atomic mass is 10.0. The molecule has 1 saturated carbocycles. The van der Waals surface area contributed by atoms with E-state index in [0.29, 0.717) is 11.9 Å². The summed E-state index contributed by atoms with van der Waals surface area (Å²) in [5, 5.41) is 9.41. The summed E-state index contributed by atoms with van der Waals surface area (Å²) in [6.45, 7) is 2.00. The first-order valence-electron chi connectivity index (χ1n) is 6.29. The molecule has 0 bridgehead atoms. The van der Waals surface area contributed by atoms with Crippen LogP contribution in [0.2, 0.25) is 0 Å². The molecule has 1 aliphatic rings. The number of benzene rings is 2. The summed E-state index contributed by atoms with van der Waals surface area (Å²) in [5.41, 5.74) is 3.37. The van der Waals surface area contributed by atoms with Crippen molar-refractivity contribution >= 4 is 0 Å². The van der Waals surface area contributed by atoms with Gasteiger partial charge in [0.1, 0.15) is 11.5 Å². The van der Waals surface area contributed by atoms with Crippen LogP contribution in [0.5, 0.6) is 11.5 Å². The van der Waals surface area contributed by atoms with Crippen LogP contribution in [0.15, 0.2) is 42.5 Å².